The van der Waals surface area contributed by atoms with Crippen LogP contribution in [0, 0.1) is 0 Å². The molecule has 0 radical (unpaired) electrons. The van der Waals surface area contributed by atoms with E-state index < -0.39 is 11.8 Å². The lowest BCUT2D eigenvalue weighted by Gasteiger charge is -2.08. The van der Waals surface area contributed by atoms with Crippen LogP contribution in [-0.4, -0.2) is 23.5 Å². The van der Waals surface area contributed by atoms with E-state index in [2.05, 4.69) is 10.6 Å². The van der Waals surface area contributed by atoms with Crippen molar-refractivity contribution in [1.29, 1.82) is 0 Å². The van der Waals surface area contributed by atoms with Crippen LogP contribution in [0.4, 0.5) is 5.69 Å². The van der Waals surface area contributed by atoms with Gasteiger partial charge in [0.1, 0.15) is 0 Å². The van der Waals surface area contributed by atoms with Crippen LogP contribution in [0.5, 0.6) is 0 Å². The van der Waals surface area contributed by atoms with E-state index in [-0.39, 0.29) is 6.61 Å². The zero-order valence-corrected chi connectivity index (χ0v) is 13.7. The third kappa shape index (κ3) is 5.21. The number of benzene rings is 2. The summed E-state index contributed by atoms with van der Waals surface area (Å²) in [6.07, 6.45) is 1.49. The minimum Gasteiger partial charge on any atom is -0.392 e. The lowest BCUT2D eigenvalue weighted by atomic mass is 10.1. The molecule has 0 aromatic heterocycles. The Balaban J connectivity index is 1.79. The van der Waals surface area contributed by atoms with Crippen LogP contribution < -0.4 is 10.6 Å². The molecule has 126 valence electrons. The summed E-state index contributed by atoms with van der Waals surface area (Å²) < 4.78 is 0. The molecule has 0 atom stereocenters. The van der Waals surface area contributed by atoms with Crippen molar-refractivity contribution in [2.45, 2.75) is 26.4 Å². The first kappa shape index (κ1) is 17.7. The minimum atomic E-state index is -0.668. The van der Waals surface area contributed by atoms with E-state index in [1.165, 1.54) is 0 Å². The van der Waals surface area contributed by atoms with E-state index in [0.29, 0.717) is 18.7 Å². The topological polar surface area (TPSA) is 78.4 Å². The molecule has 0 fully saturated rings. The van der Waals surface area contributed by atoms with Crippen LogP contribution in [0.15, 0.2) is 48.5 Å². The van der Waals surface area contributed by atoms with Crippen LogP contribution >= 0.6 is 0 Å². The number of carbonyl (C=O) groups is 2. The molecule has 0 aliphatic heterocycles. The molecule has 0 aliphatic rings. The average Bonchev–Trinajstić information content (AvgIpc) is 2.62. The number of hydrogen-bond donors (Lipinski definition) is 3. The van der Waals surface area contributed by atoms with Gasteiger partial charge in [0, 0.05) is 12.2 Å². The molecule has 2 aromatic rings. The summed E-state index contributed by atoms with van der Waals surface area (Å²) in [5.74, 6) is -1.32. The fraction of sp³-hybridized carbons (Fsp3) is 0.263. The highest BCUT2D eigenvalue weighted by Gasteiger charge is 2.13. The Kier molecular flexibility index (Phi) is 6.51. The molecule has 0 bridgehead atoms. The number of aliphatic hydroxyl groups is 1. The Labute approximate surface area is 141 Å². The third-order valence-electron chi connectivity index (χ3n) is 3.70. The Hall–Kier alpha value is -2.66. The van der Waals surface area contributed by atoms with Crippen molar-refractivity contribution in [2.24, 2.45) is 0 Å². The summed E-state index contributed by atoms with van der Waals surface area (Å²) in [5, 5.41) is 14.2. The van der Waals surface area contributed by atoms with Gasteiger partial charge in [-0.1, -0.05) is 43.3 Å². The van der Waals surface area contributed by atoms with Gasteiger partial charge in [0.25, 0.3) is 0 Å². The molecular formula is C19H22N2O3. The second-order valence-corrected chi connectivity index (χ2v) is 5.49. The first-order valence-electron chi connectivity index (χ1n) is 7.99. The van der Waals surface area contributed by atoms with Gasteiger partial charge in [0.05, 0.1) is 6.61 Å². The number of aryl methyl sites for hydroxylation is 1. The summed E-state index contributed by atoms with van der Waals surface area (Å²) in [7, 11) is 0. The maximum Gasteiger partial charge on any atom is 0.313 e. The Bertz CT molecular complexity index is 696. The van der Waals surface area contributed by atoms with E-state index >= 15 is 0 Å². The molecule has 0 spiro atoms. The van der Waals surface area contributed by atoms with Gasteiger partial charge in [-0.25, -0.2) is 0 Å². The smallest absolute Gasteiger partial charge is 0.313 e. The van der Waals surface area contributed by atoms with Crippen molar-refractivity contribution in [2.75, 3.05) is 11.9 Å². The highest BCUT2D eigenvalue weighted by molar-refractivity contribution is 6.39. The van der Waals surface area contributed by atoms with Gasteiger partial charge in [-0.05, 0) is 41.7 Å². The quantitative estimate of drug-likeness (QED) is 0.711. The molecule has 2 rings (SSSR count). The van der Waals surface area contributed by atoms with Gasteiger partial charge in [0.15, 0.2) is 0 Å². The fourth-order valence-corrected chi connectivity index (χ4v) is 2.27. The first-order chi connectivity index (χ1) is 11.6. The van der Waals surface area contributed by atoms with E-state index in [1.807, 2.05) is 49.4 Å². The normalized spacial score (nSPS) is 10.2. The molecule has 24 heavy (non-hydrogen) atoms. The molecule has 0 aliphatic carbocycles. The maximum absolute atomic E-state index is 11.9. The number of hydrogen-bond acceptors (Lipinski definition) is 3. The van der Waals surface area contributed by atoms with E-state index in [4.69, 9.17) is 5.11 Å². The second kappa shape index (κ2) is 8.84. The van der Waals surface area contributed by atoms with Crippen molar-refractivity contribution in [1.82, 2.24) is 5.32 Å². The summed E-state index contributed by atoms with van der Waals surface area (Å²) >= 11 is 0. The van der Waals surface area contributed by atoms with Crippen LogP contribution in [0.25, 0.3) is 0 Å². The van der Waals surface area contributed by atoms with Crippen molar-refractivity contribution < 1.29 is 14.7 Å². The van der Waals surface area contributed by atoms with Crippen molar-refractivity contribution >= 4 is 17.5 Å². The molecule has 0 saturated heterocycles. The standard InChI is InChI=1S/C19H22N2O3/c1-2-14-4-3-5-17(12-14)21-19(24)18(23)20-11-10-15-6-8-16(13-22)9-7-15/h3-9,12,22H,2,10-11,13H2,1H3,(H,20,23)(H,21,24). The second-order valence-electron chi connectivity index (χ2n) is 5.49. The van der Waals surface area contributed by atoms with Crippen molar-refractivity contribution in [3.05, 3.63) is 65.2 Å². The van der Waals surface area contributed by atoms with Gasteiger partial charge >= 0.3 is 11.8 Å². The van der Waals surface area contributed by atoms with E-state index in [9.17, 15) is 9.59 Å². The molecule has 3 N–H and O–H groups in total. The van der Waals surface area contributed by atoms with E-state index in [0.717, 1.165) is 23.1 Å². The van der Waals surface area contributed by atoms with Crippen LogP contribution in [-0.2, 0) is 29.0 Å². The monoisotopic (exact) mass is 326 g/mol. The first-order valence-corrected chi connectivity index (χ1v) is 7.99. The van der Waals surface area contributed by atoms with Gasteiger partial charge < -0.3 is 15.7 Å². The number of aliphatic hydroxyl groups excluding tert-OH is 1. The molecule has 0 heterocycles. The number of nitrogens with one attached hydrogen (secondary N) is 2. The van der Waals surface area contributed by atoms with Crippen molar-refractivity contribution in [3.63, 3.8) is 0 Å². The third-order valence-corrected chi connectivity index (χ3v) is 3.70. The molecule has 5 heteroatoms. The van der Waals surface area contributed by atoms with Gasteiger partial charge in [-0.15, -0.1) is 0 Å². The summed E-state index contributed by atoms with van der Waals surface area (Å²) in [6.45, 7) is 2.41. The van der Waals surface area contributed by atoms with Crippen LogP contribution in [0.1, 0.15) is 23.6 Å². The number of carbonyl (C=O) groups excluding carboxylic acids is 2. The highest BCUT2D eigenvalue weighted by Crippen LogP contribution is 2.10. The minimum absolute atomic E-state index is 0.0103. The molecule has 0 unspecified atom stereocenters. The lowest BCUT2D eigenvalue weighted by molar-refractivity contribution is -0.136. The lowest BCUT2D eigenvalue weighted by Crippen LogP contribution is -2.36. The average molecular weight is 326 g/mol. The number of anilines is 1. The zero-order chi connectivity index (χ0) is 17.4. The van der Waals surface area contributed by atoms with Crippen molar-refractivity contribution in [3.8, 4) is 0 Å². The molecule has 2 aromatic carbocycles. The number of amides is 2. The van der Waals surface area contributed by atoms with E-state index in [1.54, 1.807) is 6.07 Å². The van der Waals surface area contributed by atoms with Gasteiger partial charge in [-0.3, -0.25) is 9.59 Å². The highest BCUT2D eigenvalue weighted by atomic mass is 16.3. The predicted octanol–water partition coefficient (Wildman–Crippen LogP) is 2.04. The van der Waals surface area contributed by atoms with Gasteiger partial charge in [-0.2, -0.15) is 0 Å². The molecule has 5 nitrogen and oxygen atoms in total. The fourth-order valence-electron chi connectivity index (χ4n) is 2.27. The Morgan fingerprint density at radius 2 is 1.67 bits per heavy atom. The molecular weight excluding hydrogens is 304 g/mol. The predicted molar refractivity (Wildman–Crippen MR) is 93.5 cm³/mol. The van der Waals surface area contributed by atoms with Crippen LogP contribution in [0.2, 0.25) is 0 Å². The summed E-state index contributed by atoms with van der Waals surface area (Å²) in [4.78, 5) is 23.7. The maximum atomic E-state index is 11.9. The molecule has 0 saturated carbocycles. The van der Waals surface area contributed by atoms with Crippen LogP contribution in [0.3, 0.4) is 0 Å². The largest absolute Gasteiger partial charge is 0.392 e. The SMILES string of the molecule is CCc1cccc(NC(=O)C(=O)NCCc2ccc(CO)cc2)c1. The Morgan fingerprint density at radius 3 is 2.33 bits per heavy atom. The molecule has 2 amide bonds. The summed E-state index contributed by atoms with van der Waals surface area (Å²) in [5.41, 5.74) is 3.59. The summed E-state index contributed by atoms with van der Waals surface area (Å²) in [6, 6.07) is 14.9. The zero-order valence-electron chi connectivity index (χ0n) is 13.7. The van der Waals surface area contributed by atoms with Gasteiger partial charge in [0.2, 0.25) is 0 Å². The Morgan fingerprint density at radius 1 is 0.958 bits per heavy atom. The number of rotatable bonds is 6.